The van der Waals surface area contributed by atoms with Gasteiger partial charge in [-0.2, -0.15) is 5.10 Å². The molecule has 0 saturated heterocycles. The Morgan fingerprint density at radius 3 is 2.80 bits per heavy atom. The van der Waals surface area contributed by atoms with Crippen molar-refractivity contribution in [2.75, 3.05) is 13.2 Å². The van der Waals surface area contributed by atoms with Gasteiger partial charge in [0.05, 0.1) is 24.9 Å². The number of carbonyl (C=O) groups excluding carboxylic acids is 1. The lowest BCUT2D eigenvalue weighted by molar-refractivity contribution is -0.138. The highest BCUT2D eigenvalue weighted by atomic mass is 16.5. The Labute approximate surface area is 208 Å². The molecule has 0 amide bonds. The van der Waals surface area contributed by atoms with E-state index in [0.717, 1.165) is 54.5 Å². The number of rotatable bonds is 6. The number of carbonyl (C=O) groups is 1. The minimum absolute atomic E-state index is 0.125. The van der Waals surface area contributed by atoms with Gasteiger partial charge in [0.2, 0.25) is 0 Å². The number of hydrogen-bond donors (Lipinski definition) is 1. The Kier molecular flexibility index (Phi) is 6.03. The molecule has 0 aromatic carbocycles. The minimum atomic E-state index is -0.620. The molecule has 8 atom stereocenters. The summed E-state index contributed by atoms with van der Waals surface area (Å²) in [6.07, 6.45) is 13.8. The molecule has 6 nitrogen and oxygen atoms in total. The molecular weight excluding hydrogens is 438 g/mol. The lowest BCUT2D eigenvalue weighted by Gasteiger charge is -2.57. The van der Waals surface area contributed by atoms with E-state index in [1.165, 1.54) is 32.1 Å². The van der Waals surface area contributed by atoms with Crippen molar-refractivity contribution < 1.29 is 14.6 Å². The van der Waals surface area contributed by atoms with Gasteiger partial charge < -0.3 is 9.84 Å². The van der Waals surface area contributed by atoms with Crippen LogP contribution in [0.1, 0.15) is 71.6 Å². The first-order valence-electron chi connectivity index (χ1n) is 14.0. The van der Waals surface area contributed by atoms with Gasteiger partial charge in [0.25, 0.3) is 0 Å². The third-order valence-electron chi connectivity index (χ3n) is 10.7. The van der Waals surface area contributed by atoms with Crippen molar-refractivity contribution in [2.24, 2.45) is 40.9 Å². The largest absolute Gasteiger partial charge is 0.387 e. The fraction of sp³-hybridized carbons (Fsp3) is 0.759. The second-order valence-corrected chi connectivity index (χ2v) is 12.4. The molecule has 0 spiro atoms. The molecule has 1 N–H and O–H groups in total. The molecule has 4 fully saturated rings. The number of fused-ring (bicyclic) bond motifs is 6. The topological polar surface area (TPSA) is 77.2 Å². The molecule has 0 bridgehead atoms. The van der Waals surface area contributed by atoms with Crippen LogP contribution >= 0.6 is 0 Å². The summed E-state index contributed by atoms with van der Waals surface area (Å²) >= 11 is 0. The molecule has 6 rings (SSSR count). The van der Waals surface area contributed by atoms with Crippen LogP contribution in [0.3, 0.4) is 0 Å². The summed E-state index contributed by atoms with van der Waals surface area (Å²) in [6, 6.07) is 3.85. The predicted molar refractivity (Wildman–Crippen MR) is 135 cm³/mol. The van der Waals surface area contributed by atoms with E-state index in [1.54, 1.807) is 10.9 Å². The maximum Gasteiger partial charge on any atom is 0.157 e. The summed E-state index contributed by atoms with van der Waals surface area (Å²) in [5, 5.41) is 15.7. The smallest absolute Gasteiger partial charge is 0.157 e. The number of Topliss-reactive ketones (excluding diaryl/α,β-unsaturated/α-hetero) is 1. The Morgan fingerprint density at radius 2 is 1.97 bits per heavy atom. The normalized spacial score (nSPS) is 40.8. The number of aliphatic hydroxyl groups is 1. The van der Waals surface area contributed by atoms with Gasteiger partial charge in [0.1, 0.15) is 11.0 Å². The second kappa shape index (κ2) is 8.95. The number of ether oxygens (including phenoxy) is 1. The zero-order valence-electron chi connectivity index (χ0n) is 21.4. The van der Waals surface area contributed by atoms with Crippen LogP contribution < -0.4 is 0 Å². The van der Waals surface area contributed by atoms with Crippen LogP contribution in [0.2, 0.25) is 0 Å². The van der Waals surface area contributed by atoms with Crippen LogP contribution in [0.4, 0.5) is 0 Å². The van der Waals surface area contributed by atoms with Gasteiger partial charge in [-0.15, -0.1) is 0 Å². The van der Waals surface area contributed by atoms with Crippen molar-refractivity contribution >= 4 is 16.8 Å². The molecule has 2 aromatic rings. The third kappa shape index (κ3) is 4.05. The van der Waals surface area contributed by atoms with Gasteiger partial charge in [-0.25, -0.2) is 0 Å². The SMILES string of the molecule is CCOCC1(O)CCC2C(CCC3C2CCC2(C)C(C(=O)Cn4cc5ncccc5n4)CCC32)C1. The molecular formula is C29H41N3O3. The van der Waals surface area contributed by atoms with E-state index in [-0.39, 0.29) is 11.3 Å². The molecule has 35 heavy (non-hydrogen) atoms. The lowest BCUT2D eigenvalue weighted by Crippen LogP contribution is -2.52. The highest BCUT2D eigenvalue weighted by molar-refractivity contribution is 5.82. The van der Waals surface area contributed by atoms with Crippen molar-refractivity contribution in [1.82, 2.24) is 14.8 Å². The molecule has 4 aliphatic rings. The number of nitrogens with zero attached hydrogens (tertiary/aromatic N) is 3. The lowest BCUT2D eigenvalue weighted by atomic mass is 9.49. The third-order valence-corrected chi connectivity index (χ3v) is 10.7. The van der Waals surface area contributed by atoms with Gasteiger partial charge >= 0.3 is 0 Å². The first-order valence-corrected chi connectivity index (χ1v) is 14.0. The van der Waals surface area contributed by atoms with E-state index < -0.39 is 5.60 Å². The van der Waals surface area contributed by atoms with Crippen LogP contribution in [0.5, 0.6) is 0 Å². The number of hydrogen-bond acceptors (Lipinski definition) is 5. The van der Waals surface area contributed by atoms with Crippen LogP contribution in [-0.4, -0.2) is 44.5 Å². The van der Waals surface area contributed by atoms with Gasteiger partial charge in [0, 0.05) is 18.7 Å². The maximum atomic E-state index is 13.6. The number of aromatic nitrogens is 3. The number of pyridine rings is 1. The summed E-state index contributed by atoms with van der Waals surface area (Å²) in [7, 11) is 0. The average molecular weight is 480 g/mol. The Morgan fingerprint density at radius 1 is 1.11 bits per heavy atom. The first-order chi connectivity index (χ1) is 16.9. The quantitative estimate of drug-likeness (QED) is 0.628. The first kappa shape index (κ1) is 23.6. The fourth-order valence-corrected chi connectivity index (χ4v) is 9.17. The highest BCUT2D eigenvalue weighted by Gasteiger charge is 2.59. The van der Waals surface area contributed by atoms with Gasteiger partial charge in [-0.3, -0.25) is 14.5 Å². The van der Waals surface area contributed by atoms with Crippen LogP contribution in [0.25, 0.3) is 11.0 Å². The van der Waals surface area contributed by atoms with Crippen molar-refractivity contribution in [2.45, 2.75) is 83.8 Å². The fourth-order valence-electron chi connectivity index (χ4n) is 9.17. The van der Waals surface area contributed by atoms with E-state index in [1.807, 2.05) is 25.3 Å². The van der Waals surface area contributed by atoms with Crippen LogP contribution in [-0.2, 0) is 16.1 Å². The average Bonchev–Trinajstić information content (AvgIpc) is 3.42. The molecule has 4 aliphatic carbocycles. The summed E-state index contributed by atoms with van der Waals surface area (Å²) < 4.78 is 7.44. The summed E-state index contributed by atoms with van der Waals surface area (Å²) in [5.41, 5.74) is 1.22. The Balaban J connectivity index is 1.14. The molecule has 2 heterocycles. The minimum Gasteiger partial charge on any atom is -0.387 e. The van der Waals surface area contributed by atoms with E-state index >= 15 is 0 Å². The van der Waals surface area contributed by atoms with E-state index in [0.29, 0.717) is 37.4 Å². The molecule has 4 saturated carbocycles. The van der Waals surface area contributed by atoms with E-state index in [9.17, 15) is 9.90 Å². The molecule has 190 valence electrons. The molecule has 8 unspecified atom stereocenters. The van der Waals surface area contributed by atoms with Crippen molar-refractivity contribution in [1.29, 1.82) is 0 Å². The molecule has 0 radical (unpaired) electrons. The molecule has 6 heteroatoms. The zero-order valence-corrected chi connectivity index (χ0v) is 21.4. The van der Waals surface area contributed by atoms with Crippen molar-refractivity contribution in [3.05, 3.63) is 24.5 Å². The van der Waals surface area contributed by atoms with E-state index in [4.69, 9.17) is 4.74 Å². The van der Waals surface area contributed by atoms with Gasteiger partial charge in [0.15, 0.2) is 5.78 Å². The molecule has 2 aromatic heterocycles. The summed E-state index contributed by atoms with van der Waals surface area (Å²) in [6.45, 7) is 5.97. The van der Waals surface area contributed by atoms with Crippen molar-refractivity contribution in [3.63, 3.8) is 0 Å². The van der Waals surface area contributed by atoms with Gasteiger partial charge in [-0.05, 0) is 112 Å². The van der Waals surface area contributed by atoms with Crippen LogP contribution in [0.15, 0.2) is 24.5 Å². The highest BCUT2D eigenvalue weighted by Crippen LogP contribution is 2.64. The van der Waals surface area contributed by atoms with Crippen LogP contribution in [0, 0.1) is 40.9 Å². The second-order valence-electron chi connectivity index (χ2n) is 12.4. The molecule has 0 aliphatic heterocycles. The van der Waals surface area contributed by atoms with Gasteiger partial charge in [-0.1, -0.05) is 6.92 Å². The van der Waals surface area contributed by atoms with E-state index in [2.05, 4.69) is 17.0 Å². The summed E-state index contributed by atoms with van der Waals surface area (Å²) in [4.78, 5) is 17.9. The standard InChI is InChI=1S/C29H41N3O3/c1-3-35-18-29(34)13-11-20-19(15-29)6-7-22-21(20)10-12-28(2)23(22)8-9-24(28)27(33)17-32-16-26-25(31-32)5-4-14-30-26/h4-5,14,16,19-24,34H,3,6-13,15,17-18H2,1-2H3. The zero-order chi connectivity index (χ0) is 24.2. The maximum absolute atomic E-state index is 13.6. The van der Waals surface area contributed by atoms with Crippen molar-refractivity contribution in [3.8, 4) is 0 Å². The monoisotopic (exact) mass is 479 g/mol. The summed E-state index contributed by atoms with van der Waals surface area (Å²) in [5.74, 6) is 4.09. The Hall–Kier alpha value is -1.79. The number of ketones is 1. The Bertz CT molecular complexity index is 1050. The predicted octanol–water partition coefficient (Wildman–Crippen LogP) is 5.04.